The summed E-state index contributed by atoms with van der Waals surface area (Å²) in [6.45, 7) is 0.0821. The number of carboxylic acids is 1. The van der Waals surface area contributed by atoms with Crippen LogP contribution in [0.1, 0.15) is 24.2 Å². The fourth-order valence-corrected chi connectivity index (χ4v) is 1.93. The number of carbonyl (C=O) groups is 1. The van der Waals surface area contributed by atoms with Gasteiger partial charge in [0.1, 0.15) is 17.1 Å². The molecule has 0 fully saturated rings. The van der Waals surface area contributed by atoms with Gasteiger partial charge in [-0.2, -0.15) is 0 Å². The SMILES string of the molecule is CO[B-]1(O)Oc2c(ccc(F)c2C(=O)O)OC1(C)C. The predicted molar refractivity (Wildman–Crippen MR) is 63.7 cm³/mol. The van der Waals surface area contributed by atoms with Crippen molar-refractivity contribution in [2.45, 2.75) is 19.3 Å². The van der Waals surface area contributed by atoms with Crippen LogP contribution in [0.5, 0.6) is 11.5 Å². The zero-order chi connectivity index (χ0) is 14.4. The fraction of sp³-hybridized carbons (Fsp3) is 0.364. The van der Waals surface area contributed by atoms with Gasteiger partial charge in [-0.05, 0) is 33.1 Å². The van der Waals surface area contributed by atoms with Gasteiger partial charge in [0, 0.05) is 0 Å². The lowest BCUT2D eigenvalue weighted by atomic mass is 9.60. The molecule has 1 aromatic rings. The molecule has 0 radical (unpaired) electrons. The van der Waals surface area contributed by atoms with Gasteiger partial charge >= 0.3 is 12.7 Å². The van der Waals surface area contributed by atoms with E-state index in [0.29, 0.717) is 0 Å². The van der Waals surface area contributed by atoms with E-state index in [1.54, 1.807) is 0 Å². The van der Waals surface area contributed by atoms with Crippen molar-refractivity contribution in [3.8, 4) is 11.5 Å². The molecule has 104 valence electrons. The van der Waals surface area contributed by atoms with Crippen LogP contribution in [0.25, 0.3) is 0 Å². The highest BCUT2D eigenvalue weighted by Gasteiger charge is 2.50. The number of hydrogen-bond donors (Lipinski definition) is 2. The molecule has 0 saturated carbocycles. The monoisotopic (exact) mass is 271 g/mol. The van der Waals surface area contributed by atoms with E-state index in [1.807, 2.05) is 0 Å². The summed E-state index contributed by atoms with van der Waals surface area (Å²) >= 11 is 0. The normalized spacial score (nSPS) is 24.1. The van der Waals surface area contributed by atoms with Crippen molar-refractivity contribution >= 4 is 12.7 Å². The number of fused-ring (bicyclic) bond motifs is 1. The Bertz CT molecular complexity index is 546. The molecule has 0 saturated heterocycles. The van der Waals surface area contributed by atoms with Gasteiger partial charge in [-0.25, -0.2) is 9.18 Å². The van der Waals surface area contributed by atoms with Crippen LogP contribution in [0.3, 0.4) is 0 Å². The second kappa shape index (κ2) is 4.11. The quantitative estimate of drug-likeness (QED) is 0.786. The molecule has 19 heavy (non-hydrogen) atoms. The number of hydrogen-bond acceptors (Lipinski definition) is 5. The van der Waals surface area contributed by atoms with Gasteiger partial charge in [-0.3, -0.25) is 0 Å². The zero-order valence-electron chi connectivity index (χ0n) is 10.6. The van der Waals surface area contributed by atoms with Crippen LogP contribution < -0.4 is 9.39 Å². The first-order chi connectivity index (χ1) is 8.72. The van der Waals surface area contributed by atoms with Gasteiger partial charge in [-0.15, -0.1) is 0 Å². The highest BCUT2D eigenvalue weighted by Crippen LogP contribution is 2.43. The van der Waals surface area contributed by atoms with Crippen LogP contribution in [-0.4, -0.2) is 35.5 Å². The number of aromatic carboxylic acids is 1. The molecule has 2 rings (SSSR count). The Hall–Kier alpha value is -1.80. The van der Waals surface area contributed by atoms with Crippen molar-refractivity contribution in [2.75, 3.05) is 7.11 Å². The Kier molecular flexibility index (Phi) is 2.95. The first-order valence-corrected chi connectivity index (χ1v) is 5.57. The molecule has 0 aliphatic carbocycles. The molecule has 1 aliphatic rings. The van der Waals surface area contributed by atoms with Crippen LogP contribution in [0.2, 0.25) is 0 Å². The molecule has 8 heteroatoms. The van der Waals surface area contributed by atoms with Crippen LogP contribution in [0.15, 0.2) is 12.1 Å². The minimum atomic E-state index is -2.95. The third kappa shape index (κ3) is 1.93. The van der Waals surface area contributed by atoms with Gasteiger partial charge in [-0.1, -0.05) is 0 Å². The van der Waals surface area contributed by atoms with Gasteiger partial charge in [0.2, 0.25) is 0 Å². The van der Waals surface area contributed by atoms with E-state index in [1.165, 1.54) is 27.0 Å². The summed E-state index contributed by atoms with van der Waals surface area (Å²) in [7, 11) is 1.19. The van der Waals surface area contributed by atoms with Crippen molar-refractivity contribution in [2.24, 2.45) is 0 Å². The molecule has 1 aromatic carbocycles. The summed E-state index contributed by atoms with van der Waals surface area (Å²) in [5.74, 6) is -2.85. The third-order valence-corrected chi connectivity index (χ3v) is 3.13. The zero-order valence-corrected chi connectivity index (χ0v) is 10.6. The Morgan fingerprint density at radius 3 is 2.63 bits per heavy atom. The van der Waals surface area contributed by atoms with Crippen LogP contribution in [0, 0.1) is 5.82 Å². The molecule has 0 amide bonds. The Morgan fingerprint density at radius 1 is 1.47 bits per heavy atom. The van der Waals surface area contributed by atoms with E-state index in [4.69, 9.17) is 19.2 Å². The summed E-state index contributed by atoms with van der Waals surface area (Å²) in [6.07, 6.45) is 0. The molecular formula is C11H13BFO6-. The van der Waals surface area contributed by atoms with Crippen LogP contribution in [0.4, 0.5) is 4.39 Å². The van der Waals surface area contributed by atoms with Gasteiger partial charge in [0.05, 0.1) is 5.50 Å². The standard InChI is InChI=1S/C11H13BFO6/c1-11(2)12(16,17-3)19-9-7(18-11)5-4-6(13)8(9)10(14)15/h4-5,16H,1-3H3,(H,14,15)/q-1. The smallest absolute Gasteiger partial charge is 0.475 e. The average Bonchev–Trinajstić information content (AvgIpc) is 2.30. The van der Waals surface area contributed by atoms with Crippen molar-refractivity contribution in [3.05, 3.63) is 23.5 Å². The van der Waals surface area contributed by atoms with Crippen LogP contribution >= 0.6 is 0 Å². The molecule has 0 spiro atoms. The van der Waals surface area contributed by atoms with Crippen molar-refractivity contribution in [1.29, 1.82) is 0 Å². The van der Waals surface area contributed by atoms with Gasteiger partial charge < -0.3 is 24.2 Å². The highest BCUT2D eigenvalue weighted by atomic mass is 19.1. The third-order valence-electron chi connectivity index (χ3n) is 3.13. The minimum absolute atomic E-state index is 0.0346. The summed E-state index contributed by atoms with van der Waals surface area (Å²) in [4.78, 5) is 11.1. The Labute approximate surface area is 108 Å². The molecule has 2 N–H and O–H groups in total. The second-order valence-electron chi connectivity index (χ2n) is 4.79. The number of halogens is 1. The van der Waals surface area contributed by atoms with E-state index in [0.717, 1.165) is 6.07 Å². The summed E-state index contributed by atoms with van der Waals surface area (Å²) in [5.41, 5.74) is -1.94. The number of benzene rings is 1. The predicted octanol–water partition coefficient (Wildman–Crippen LogP) is 1.19. The minimum Gasteiger partial charge on any atom is -0.665 e. The number of rotatable bonds is 2. The molecular weight excluding hydrogens is 258 g/mol. The summed E-state index contributed by atoms with van der Waals surface area (Å²) in [6, 6.07) is 2.20. The second-order valence-corrected chi connectivity index (χ2v) is 4.79. The van der Waals surface area contributed by atoms with Gasteiger partial charge in [0.15, 0.2) is 5.75 Å². The molecule has 0 aromatic heterocycles. The Balaban J connectivity index is 2.64. The maximum atomic E-state index is 13.5. The first kappa shape index (κ1) is 13.6. The number of ether oxygens (including phenoxy) is 1. The Morgan fingerprint density at radius 2 is 2.11 bits per heavy atom. The van der Waals surface area contributed by atoms with Crippen molar-refractivity contribution in [3.63, 3.8) is 0 Å². The number of carboxylic acid groups (broad SMARTS) is 1. The molecule has 6 nitrogen and oxygen atoms in total. The lowest BCUT2D eigenvalue weighted by Gasteiger charge is -2.51. The molecule has 1 unspecified atom stereocenters. The lowest BCUT2D eigenvalue weighted by molar-refractivity contribution is 0.0421. The highest BCUT2D eigenvalue weighted by molar-refractivity contribution is 6.63. The molecule has 1 heterocycles. The van der Waals surface area contributed by atoms with E-state index in [9.17, 15) is 14.2 Å². The van der Waals surface area contributed by atoms with E-state index < -0.39 is 29.6 Å². The van der Waals surface area contributed by atoms with E-state index >= 15 is 0 Å². The lowest BCUT2D eigenvalue weighted by Crippen LogP contribution is -2.67. The summed E-state index contributed by atoms with van der Waals surface area (Å²) < 4.78 is 29.1. The fourth-order valence-electron chi connectivity index (χ4n) is 1.93. The van der Waals surface area contributed by atoms with Crippen molar-refractivity contribution in [1.82, 2.24) is 0 Å². The maximum absolute atomic E-state index is 13.5. The molecule has 0 bridgehead atoms. The van der Waals surface area contributed by atoms with E-state index in [2.05, 4.69) is 0 Å². The van der Waals surface area contributed by atoms with Crippen LogP contribution in [-0.2, 0) is 4.65 Å². The van der Waals surface area contributed by atoms with E-state index in [-0.39, 0.29) is 11.5 Å². The maximum Gasteiger partial charge on any atom is 0.475 e. The molecule has 1 atom stereocenters. The first-order valence-electron chi connectivity index (χ1n) is 5.57. The molecule has 1 aliphatic heterocycles. The van der Waals surface area contributed by atoms with Gasteiger partial charge in [0.25, 0.3) is 0 Å². The topological polar surface area (TPSA) is 85.2 Å². The summed E-state index contributed by atoms with van der Waals surface area (Å²) in [5, 5.41) is 19.2. The van der Waals surface area contributed by atoms with Crippen molar-refractivity contribution < 1.29 is 33.4 Å². The largest absolute Gasteiger partial charge is 0.665 e. The average molecular weight is 271 g/mol.